The summed E-state index contributed by atoms with van der Waals surface area (Å²) in [7, 11) is 0. The molecule has 1 atom stereocenters. The van der Waals surface area contributed by atoms with Crippen LogP contribution >= 0.6 is 27.5 Å². The average Bonchev–Trinajstić information content (AvgIpc) is 2.85. The molecule has 20 heavy (non-hydrogen) atoms. The van der Waals surface area contributed by atoms with E-state index in [1.54, 1.807) is 6.07 Å². The molecule has 0 bridgehead atoms. The second-order valence-corrected chi connectivity index (χ2v) is 6.04. The molecular weight excluding hydrogens is 348 g/mol. The average molecular weight is 362 g/mol. The van der Waals surface area contributed by atoms with Gasteiger partial charge < -0.3 is 15.3 Å². The third-order valence-electron chi connectivity index (χ3n) is 3.31. The summed E-state index contributed by atoms with van der Waals surface area (Å²) in [6.45, 7) is 2.55. The molecule has 108 valence electrons. The second-order valence-electron chi connectivity index (χ2n) is 4.78. The molecule has 1 heterocycles. The van der Waals surface area contributed by atoms with Gasteiger partial charge >= 0.3 is 12.0 Å². The van der Waals surface area contributed by atoms with E-state index in [1.165, 1.54) is 4.90 Å². The lowest BCUT2D eigenvalue weighted by Crippen LogP contribution is -2.33. The van der Waals surface area contributed by atoms with Crippen molar-refractivity contribution in [1.29, 1.82) is 0 Å². The van der Waals surface area contributed by atoms with Gasteiger partial charge in [-0.1, -0.05) is 11.6 Å². The van der Waals surface area contributed by atoms with Crippen LogP contribution in [0.15, 0.2) is 16.6 Å². The van der Waals surface area contributed by atoms with E-state index in [1.807, 2.05) is 13.0 Å². The van der Waals surface area contributed by atoms with Gasteiger partial charge in [0.1, 0.15) is 0 Å². The van der Waals surface area contributed by atoms with Gasteiger partial charge in [-0.2, -0.15) is 0 Å². The molecule has 0 aromatic heterocycles. The molecule has 1 aromatic carbocycles. The van der Waals surface area contributed by atoms with Crippen LogP contribution in [0.2, 0.25) is 5.02 Å². The van der Waals surface area contributed by atoms with Crippen molar-refractivity contribution in [3.63, 3.8) is 0 Å². The molecule has 0 spiro atoms. The van der Waals surface area contributed by atoms with Crippen LogP contribution in [0.1, 0.15) is 12.0 Å². The predicted molar refractivity (Wildman–Crippen MR) is 80.2 cm³/mol. The highest BCUT2D eigenvalue weighted by Gasteiger charge is 2.31. The van der Waals surface area contributed by atoms with Crippen molar-refractivity contribution in [2.45, 2.75) is 13.3 Å². The molecule has 7 heteroatoms. The number of rotatable bonds is 2. The third-order valence-corrected chi connectivity index (χ3v) is 4.38. The number of nitrogens with one attached hydrogen (secondary N) is 1. The lowest BCUT2D eigenvalue weighted by molar-refractivity contribution is -0.141. The molecule has 1 saturated heterocycles. The minimum absolute atomic E-state index is 0.235. The molecule has 0 saturated carbocycles. The van der Waals surface area contributed by atoms with Crippen LogP contribution in [0, 0.1) is 12.8 Å². The van der Waals surface area contributed by atoms with Crippen LogP contribution in [0.4, 0.5) is 10.5 Å². The number of benzene rings is 1. The van der Waals surface area contributed by atoms with Gasteiger partial charge in [0.15, 0.2) is 0 Å². The quantitative estimate of drug-likeness (QED) is 0.848. The van der Waals surface area contributed by atoms with Gasteiger partial charge in [0.05, 0.1) is 11.6 Å². The highest BCUT2D eigenvalue weighted by molar-refractivity contribution is 9.10. The first-order valence-corrected chi connectivity index (χ1v) is 7.30. The first kappa shape index (κ1) is 15.1. The molecule has 5 nitrogen and oxygen atoms in total. The van der Waals surface area contributed by atoms with E-state index in [2.05, 4.69) is 21.2 Å². The van der Waals surface area contributed by atoms with Gasteiger partial charge in [-0.3, -0.25) is 4.79 Å². The molecular formula is C13H14BrClN2O3. The van der Waals surface area contributed by atoms with Gasteiger partial charge in [0.25, 0.3) is 0 Å². The Morgan fingerprint density at radius 1 is 1.50 bits per heavy atom. The first-order valence-electron chi connectivity index (χ1n) is 6.13. The van der Waals surface area contributed by atoms with Crippen molar-refractivity contribution < 1.29 is 14.7 Å². The van der Waals surface area contributed by atoms with Gasteiger partial charge in [-0.15, -0.1) is 0 Å². The highest BCUT2D eigenvalue weighted by atomic mass is 79.9. The van der Waals surface area contributed by atoms with Gasteiger partial charge in [-0.05, 0) is 47.0 Å². The smallest absolute Gasteiger partial charge is 0.321 e. The Bertz CT molecular complexity index is 565. The van der Waals surface area contributed by atoms with Crippen LogP contribution in [0.5, 0.6) is 0 Å². The predicted octanol–water partition coefficient (Wildman–Crippen LogP) is 3.35. The number of carboxylic acid groups (broad SMARTS) is 1. The van der Waals surface area contributed by atoms with E-state index in [0.29, 0.717) is 23.7 Å². The largest absolute Gasteiger partial charge is 0.481 e. The van der Waals surface area contributed by atoms with Crippen molar-refractivity contribution in [2.75, 3.05) is 18.4 Å². The number of nitrogens with zero attached hydrogens (tertiary/aromatic N) is 1. The number of urea groups is 1. The molecule has 0 radical (unpaired) electrons. The van der Waals surface area contributed by atoms with E-state index in [4.69, 9.17) is 16.7 Å². The van der Waals surface area contributed by atoms with Crippen LogP contribution in [-0.2, 0) is 4.79 Å². The number of carbonyl (C=O) groups is 2. The fraction of sp³-hybridized carbons (Fsp3) is 0.385. The number of hydrogen-bond acceptors (Lipinski definition) is 2. The molecule has 0 aliphatic carbocycles. The zero-order chi connectivity index (χ0) is 14.9. The number of likely N-dealkylation sites (tertiary alicyclic amines) is 1. The Balaban J connectivity index is 2.06. The number of carbonyl (C=O) groups excluding carboxylic acids is 1. The minimum atomic E-state index is -0.861. The molecule has 1 unspecified atom stereocenters. The Morgan fingerprint density at radius 3 is 2.80 bits per heavy atom. The Morgan fingerprint density at radius 2 is 2.20 bits per heavy atom. The normalized spacial score (nSPS) is 18.1. The van der Waals surface area contributed by atoms with Crippen molar-refractivity contribution in [2.24, 2.45) is 5.92 Å². The number of anilines is 1. The Hall–Kier alpha value is -1.27. The van der Waals surface area contributed by atoms with Crippen LogP contribution in [0.3, 0.4) is 0 Å². The number of hydrogen-bond donors (Lipinski definition) is 2. The Kier molecular flexibility index (Phi) is 4.55. The number of aryl methyl sites for hydroxylation is 1. The fourth-order valence-corrected chi connectivity index (χ4v) is 2.80. The van der Waals surface area contributed by atoms with Crippen molar-refractivity contribution in [3.05, 3.63) is 27.2 Å². The lowest BCUT2D eigenvalue weighted by atomic mass is 10.1. The second kappa shape index (κ2) is 6.01. The molecule has 1 fully saturated rings. The molecule has 1 aliphatic rings. The summed E-state index contributed by atoms with van der Waals surface area (Å²) < 4.78 is 0.738. The standard InChI is InChI=1S/C13H14BrClN2O3/c1-7-4-9(14)11(5-10(7)15)16-13(20)17-3-2-8(6-17)12(18)19/h4-5,8H,2-3,6H2,1H3,(H,16,20)(H,18,19). The number of carboxylic acids is 1. The van der Waals surface area contributed by atoms with Crippen LogP contribution in [-0.4, -0.2) is 35.1 Å². The van der Waals surface area contributed by atoms with Crippen molar-refractivity contribution in [3.8, 4) is 0 Å². The summed E-state index contributed by atoms with van der Waals surface area (Å²) in [5, 5.41) is 12.2. The lowest BCUT2D eigenvalue weighted by Gasteiger charge is -2.18. The maximum atomic E-state index is 12.1. The fourth-order valence-electron chi connectivity index (χ4n) is 2.08. The van der Waals surface area contributed by atoms with E-state index >= 15 is 0 Å². The zero-order valence-electron chi connectivity index (χ0n) is 10.8. The molecule has 2 N–H and O–H groups in total. The zero-order valence-corrected chi connectivity index (χ0v) is 13.2. The van der Waals surface area contributed by atoms with Gasteiger partial charge in [0.2, 0.25) is 0 Å². The SMILES string of the molecule is Cc1cc(Br)c(NC(=O)N2CCC(C(=O)O)C2)cc1Cl. The minimum Gasteiger partial charge on any atom is -0.481 e. The van der Waals surface area contributed by atoms with E-state index in [0.717, 1.165) is 10.0 Å². The van der Waals surface area contributed by atoms with Crippen molar-refractivity contribution >= 4 is 45.2 Å². The number of amides is 2. The molecule has 1 aliphatic heterocycles. The summed E-state index contributed by atoms with van der Waals surface area (Å²) in [6.07, 6.45) is 0.485. The summed E-state index contributed by atoms with van der Waals surface area (Å²) in [4.78, 5) is 24.5. The summed E-state index contributed by atoms with van der Waals surface area (Å²) in [6, 6.07) is 3.18. The maximum absolute atomic E-state index is 12.1. The molecule has 2 amide bonds. The van der Waals surface area contributed by atoms with E-state index in [9.17, 15) is 9.59 Å². The van der Waals surface area contributed by atoms with E-state index in [-0.39, 0.29) is 12.6 Å². The topological polar surface area (TPSA) is 69.6 Å². The van der Waals surface area contributed by atoms with Crippen molar-refractivity contribution in [1.82, 2.24) is 4.90 Å². The summed E-state index contributed by atoms with van der Waals surface area (Å²) in [5.41, 5.74) is 1.48. The van der Waals surface area contributed by atoms with Crippen LogP contribution in [0.25, 0.3) is 0 Å². The maximum Gasteiger partial charge on any atom is 0.321 e. The first-order chi connectivity index (χ1) is 9.38. The Labute approximate surface area is 130 Å². The molecule has 2 rings (SSSR count). The van der Waals surface area contributed by atoms with Gasteiger partial charge in [0, 0.05) is 22.6 Å². The number of halogens is 2. The highest BCUT2D eigenvalue weighted by Crippen LogP contribution is 2.29. The molecule has 1 aromatic rings. The summed E-state index contributed by atoms with van der Waals surface area (Å²) in [5.74, 6) is -1.34. The van der Waals surface area contributed by atoms with Crippen LogP contribution < -0.4 is 5.32 Å². The van der Waals surface area contributed by atoms with E-state index < -0.39 is 11.9 Å². The third kappa shape index (κ3) is 3.24. The number of aliphatic carboxylic acids is 1. The monoisotopic (exact) mass is 360 g/mol. The summed E-state index contributed by atoms with van der Waals surface area (Å²) >= 11 is 9.40. The van der Waals surface area contributed by atoms with Gasteiger partial charge in [-0.25, -0.2) is 4.79 Å².